The van der Waals surface area contributed by atoms with E-state index in [0.29, 0.717) is 22.8 Å². The number of fused-ring (bicyclic) bond motifs is 1. The monoisotopic (exact) mass is 470 g/mol. The fraction of sp³-hybridized carbons (Fsp3) is 0.304. The largest absolute Gasteiger partial charge is 0.367 e. The summed E-state index contributed by atoms with van der Waals surface area (Å²) >= 11 is 0. The van der Waals surface area contributed by atoms with E-state index in [1.165, 1.54) is 0 Å². The van der Waals surface area contributed by atoms with E-state index in [1.54, 1.807) is 29.1 Å². The predicted octanol–water partition coefficient (Wildman–Crippen LogP) is 1.08. The summed E-state index contributed by atoms with van der Waals surface area (Å²) < 4.78 is 1.74. The van der Waals surface area contributed by atoms with Gasteiger partial charge in [-0.05, 0) is 31.1 Å². The topological polar surface area (TPSA) is 144 Å². The van der Waals surface area contributed by atoms with E-state index in [2.05, 4.69) is 41.9 Å². The van der Waals surface area contributed by atoms with E-state index in [1.807, 2.05) is 12.1 Å². The Morgan fingerprint density at radius 3 is 2.46 bits per heavy atom. The first-order chi connectivity index (χ1) is 17.1. The Morgan fingerprint density at radius 1 is 1.06 bits per heavy atom. The average Bonchev–Trinajstić information content (AvgIpc) is 3.52. The van der Waals surface area contributed by atoms with Crippen LogP contribution >= 0.6 is 0 Å². The van der Waals surface area contributed by atoms with E-state index in [4.69, 9.17) is 10.2 Å². The number of aromatic nitrogens is 4. The summed E-state index contributed by atoms with van der Waals surface area (Å²) in [6.07, 6.45) is 7.05. The number of pyridine rings is 1. The van der Waals surface area contributed by atoms with Crippen molar-refractivity contribution in [3.05, 3.63) is 47.4 Å². The molecular formula is C23H22N10O2. The number of piperazine rings is 1. The van der Waals surface area contributed by atoms with Crippen molar-refractivity contribution in [1.29, 1.82) is 5.26 Å². The zero-order valence-corrected chi connectivity index (χ0v) is 18.7. The SMILES string of the molecule is N#Cc1ccc(N2CCN(c3cc(NC4CC4)n4ncc(/C=C5\NC(=O)NC5=O)c4n3)CC2)nc1. The molecule has 12 nitrogen and oxygen atoms in total. The third-order valence-electron chi connectivity index (χ3n) is 6.24. The highest BCUT2D eigenvalue weighted by Crippen LogP contribution is 2.29. The van der Waals surface area contributed by atoms with Gasteiger partial charge in [0, 0.05) is 50.0 Å². The Balaban J connectivity index is 1.28. The molecular weight excluding hydrogens is 448 g/mol. The first-order valence-corrected chi connectivity index (χ1v) is 11.4. The fourth-order valence-electron chi connectivity index (χ4n) is 4.21. The van der Waals surface area contributed by atoms with Crippen LogP contribution in [0.1, 0.15) is 24.0 Å². The molecule has 1 aliphatic carbocycles. The highest BCUT2D eigenvalue weighted by Gasteiger charge is 2.27. The van der Waals surface area contributed by atoms with Crippen LogP contribution in [-0.4, -0.2) is 63.7 Å². The number of rotatable bonds is 5. The van der Waals surface area contributed by atoms with Crippen LogP contribution in [0.3, 0.4) is 0 Å². The van der Waals surface area contributed by atoms with Crippen LogP contribution in [0.4, 0.5) is 22.2 Å². The molecule has 3 aliphatic rings. The second-order valence-electron chi connectivity index (χ2n) is 8.71. The van der Waals surface area contributed by atoms with Gasteiger partial charge in [-0.25, -0.2) is 14.8 Å². The quantitative estimate of drug-likeness (QED) is 0.368. The summed E-state index contributed by atoms with van der Waals surface area (Å²) in [5, 5.41) is 21.7. The molecule has 6 rings (SSSR count). The van der Waals surface area contributed by atoms with Gasteiger partial charge in [0.1, 0.15) is 29.2 Å². The maximum absolute atomic E-state index is 12.0. The first kappa shape index (κ1) is 20.9. The number of hydrogen-bond donors (Lipinski definition) is 3. The molecule has 3 amide bonds. The molecule has 35 heavy (non-hydrogen) atoms. The average molecular weight is 470 g/mol. The van der Waals surface area contributed by atoms with Crippen LogP contribution in [0.15, 0.2) is 36.3 Å². The van der Waals surface area contributed by atoms with Crippen molar-refractivity contribution in [1.82, 2.24) is 30.2 Å². The molecule has 0 bridgehead atoms. The molecule has 1 saturated carbocycles. The standard InChI is InChI=1S/C23H22N10O2/c24-11-14-1-4-18(25-12-14)31-5-7-32(8-6-31)19-10-20(27-16-2-3-16)33-21(29-19)15(13-26-33)9-17-22(34)30-23(35)28-17/h1,4,9-10,12-13,16,27H,2-3,5-8H2,(H2,28,30,34,35)/b17-9-. The highest BCUT2D eigenvalue weighted by atomic mass is 16.2. The number of carbonyl (C=O) groups excluding carboxylic acids is 2. The molecule has 3 fully saturated rings. The first-order valence-electron chi connectivity index (χ1n) is 11.4. The van der Waals surface area contributed by atoms with Gasteiger partial charge in [0.15, 0.2) is 5.65 Å². The van der Waals surface area contributed by atoms with Crippen molar-refractivity contribution in [3.8, 4) is 6.07 Å². The Morgan fingerprint density at radius 2 is 1.83 bits per heavy atom. The lowest BCUT2D eigenvalue weighted by molar-refractivity contribution is -0.115. The van der Waals surface area contributed by atoms with Crippen LogP contribution in [0, 0.1) is 11.3 Å². The van der Waals surface area contributed by atoms with Gasteiger partial charge in [-0.2, -0.15) is 14.9 Å². The highest BCUT2D eigenvalue weighted by molar-refractivity contribution is 6.14. The van der Waals surface area contributed by atoms with Gasteiger partial charge in [-0.15, -0.1) is 0 Å². The number of imide groups is 1. The Hall–Kier alpha value is -4.66. The minimum Gasteiger partial charge on any atom is -0.367 e. The molecule has 2 aliphatic heterocycles. The van der Waals surface area contributed by atoms with Gasteiger partial charge in [-0.3, -0.25) is 10.1 Å². The summed E-state index contributed by atoms with van der Waals surface area (Å²) in [7, 11) is 0. The number of nitrogens with one attached hydrogen (secondary N) is 3. The number of nitrogens with zero attached hydrogens (tertiary/aromatic N) is 7. The van der Waals surface area contributed by atoms with Crippen molar-refractivity contribution in [2.75, 3.05) is 41.3 Å². The van der Waals surface area contributed by atoms with Gasteiger partial charge >= 0.3 is 6.03 Å². The number of urea groups is 1. The molecule has 3 aromatic rings. The second kappa shape index (κ2) is 8.28. The predicted molar refractivity (Wildman–Crippen MR) is 128 cm³/mol. The van der Waals surface area contributed by atoms with Crippen molar-refractivity contribution in [2.45, 2.75) is 18.9 Å². The van der Waals surface area contributed by atoms with E-state index in [0.717, 1.165) is 56.5 Å². The maximum atomic E-state index is 12.0. The van der Waals surface area contributed by atoms with Crippen LogP contribution in [0.5, 0.6) is 0 Å². The fourth-order valence-corrected chi connectivity index (χ4v) is 4.21. The lowest BCUT2D eigenvalue weighted by atomic mass is 10.2. The van der Waals surface area contributed by atoms with Crippen molar-refractivity contribution in [3.63, 3.8) is 0 Å². The maximum Gasteiger partial charge on any atom is 0.326 e. The van der Waals surface area contributed by atoms with Gasteiger partial charge in [-0.1, -0.05) is 0 Å². The third-order valence-corrected chi connectivity index (χ3v) is 6.24. The van der Waals surface area contributed by atoms with Crippen molar-refractivity contribution >= 4 is 41.1 Å². The Bertz CT molecular complexity index is 1390. The molecule has 0 aromatic carbocycles. The van der Waals surface area contributed by atoms with Gasteiger partial charge in [0.05, 0.1) is 11.8 Å². The molecule has 3 N–H and O–H groups in total. The number of hydrogen-bond acceptors (Lipinski definition) is 9. The number of nitriles is 1. The Labute approximate surface area is 200 Å². The normalized spacial score (nSPS) is 19.1. The van der Waals surface area contributed by atoms with Crippen molar-refractivity contribution < 1.29 is 9.59 Å². The number of anilines is 3. The zero-order valence-electron chi connectivity index (χ0n) is 18.7. The number of carbonyl (C=O) groups is 2. The van der Waals surface area contributed by atoms with Crippen LogP contribution in [-0.2, 0) is 4.79 Å². The molecule has 5 heterocycles. The van der Waals surface area contributed by atoms with Crippen LogP contribution < -0.4 is 25.8 Å². The van der Waals surface area contributed by atoms with E-state index >= 15 is 0 Å². The lowest BCUT2D eigenvalue weighted by Gasteiger charge is -2.36. The molecule has 0 spiro atoms. The number of amides is 3. The molecule has 0 unspecified atom stereocenters. The summed E-state index contributed by atoms with van der Waals surface area (Å²) in [5.74, 6) is 2.03. The van der Waals surface area contributed by atoms with Gasteiger partial charge in [0.2, 0.25) is 0 Å². The van der Waals surface area contributed by atoms with E-state index in [9.17, 15) is 9.59 Å². The summed E-state index contributed by atoms with van der Waals surface area (Å²) in [6, 6.07) is 7.63. The van der Waals surface area contributed by atoms with E-state index < -0.39 is 11.9 Å². The minimum absolute atomic E-state index is 0.164. The zero-order chi connectivity index (χ0) is 23.9. The molecule has 0 radical (unpaired) electrons. The minimum atomic E-state index is -0.544. The van der Waals surface area contributed by atoms with E-state index in [-0.39, 0.29) is 5.70 Å². The third kappa shape index (κ3) is 4.08. The van der Waals surface area contributed by atoms with Crippen molar-refractivity contribution in [2.24, 2.45) is 0 Å². The van der Waals surface area contributed by atoms with Crippen LogP contribution in [0.2, 0.25) is 0 Å². The van der Waals surface area contributed by atoms with Gasteiger partial charge in [0.25, 0.3) is 5.91 Å². The smallest absolute Gasteiger partial charge is 0.326 e. The molecule has 3 aromatic heterocycles. The van der Waals surface area contributed by atoms with Crippen LogP contribution in [0.25, 0.3) is 11.7 Å². The molecule has 0 atom stereocenters. The van der Waals surface area contributed by atoms with Gasteiger partial charge < -0.3 is 20.4 Å². The molecule has 12 heteroatoms. The summed E-state index contributed by atoms with van der Waals surface area (Å²) in [6.45, 7) is 3.02. The molecule has 2 saturated heterocycles. The summed E-state index contributed by atoms with van der Waals surface area (Å²) in [4.78, 5) is 37.2. The molecule has 176 valence electrons. The summed E-state index contributed by atoms with van der Waals surface area (Å²) in [5.41, 5.74) is 1.95. The lowest BCUT2D eigenvalue weighted by Crippen LogP contribution is -2.47. The Kier molecular flexibility index (Phi) is 4.95. The second-order valence-corrected chi connectivity index (χ2v) is 8.71.